The highest BCUT2D eigenvalue weighted by atomic mass is 16.4. The first kappa shape index (κ1) is 11.9. The zero-order chi connectivity index (χ0) is 10.6. The first-order valence-corrected chi connectivity index (χ1v) is 4.29. The molecule has 0 saturated carbocycles. The molecule has 0 aliphatic rings. The number of carboxylic acids is 1. The van der Waals surface area contributed by atoms with Crippen LogP contribution in [0.2, 0.25) is 0 Å². The number of rotatable bonds is 4. The molecule has 0 rings (SSSR count). The van der Waals surface area contributed by atoms with Crippen LogP contribution in [0.4, 0.5) is 0 Å². The van der Waals surface area contributed by atoms with Gasteiger partial charge in [0.25, 0.3) is 0 Å². The summed E-state index contributed by atoms with van der Waals surface area (Å²) in [6.45, 7) is 3.71. The minimum Gasteiger partial charge on any atom is -0.481 e. The average Bonchev–Trinajstić information content (AvgIpc) is 1.97. The number of hydrogen-bond donors (Lipinski definition) is 1. The average molecular weight is 187 g/mol. The van der Waals surface area contributed by atoms with Crippen molar-refractivity contribution in [2.75, 3.05) is 14.1 Å². The molecule has 0 radical (unpaired) electrons. The fourth-order valence-corrected chi connectivity index (χ4v) is 1.13. The van der Waals surface area contributed by atoms with Gasteiger partial charge in [0.2, 0.25) is 5.91 Å². The van der Waals surface area contributed by atoms with E-state index < -0.39 is 11.9 Å². The van der Waals surface area contributed by atoms with Crippen molar-refractivity contribution in [1.82, 2.24) is 4.90 Å². The van der Waals surface area contributed by atoms with Crippen LogP contribution in [0.25, 0.3) is 0 Å². The fourth-order valence-electron chi connectivity index (χ4n) is 1.13. The Morgan fingerprint density at radius 3 is 2.00 bits per heavy atom. The summed E-state index contributed by atoms with van der Waals surface area (Å²) < 4.78 is 0. The highest BCUT2D eigenvalue weighted by molar-refractivity contribution is 5.83. The van der Waals surface area contributed by atoms with Crippen LogP contribution in [-0.4, -0.2) is 36.0 Å². The van der Waals surface area contributed by atoms with Gasteiger partial charge >= 0.3 is 5.97 Å². The number of amides is 1. The van der Waals surface area contributed by atoms with Crippen LogP contribution in [0.3, 0.4) is 0 Å². The van der Waals surface area contributed by atoms with E-state index in [0.29, 0.717) is 0 Å². The first-order valence-electron chi connectivity index (χ1n) is 4.29. The van der Waals surface area contributed by atoms with E-state index in [-0.39, 0.29) is 18.2 Å². The third-order valence-corrected chi connectivity index (χ3v) is 1.96. The maximum Gasteiger partial charge on any atom is 0.304 e. The number of nitrogens with zero attached hydrogens (tertiary/aromatic N) is 1. The van der Waals surface area contributed by atoms with Gasteiger partial charge in [-0.3, -0.25) is 9.59 Å². The molecule has 0 aliphatic carbocycles. The van der Waals surface area contributed by atoms with Gasteiger partial charge in [-0.15, -0.1) is 0 Å². The fraction of sp³-hybridized carbons (Fsp3) is 0.778. The third-order valence-electron chi connectivity index (χ3n) is 1.96. The van der Waals surface area contributed by atoms with Gasteiger partial charge in [-0.2, -0.15) is 0 Å². The van der Waals surface area contributed by atoms with Crippen molar-refractivity contribution in [3.8, 4) is 0 Å². The van der Waals surface area contributed by atoms with Crippen molar-refractivity contribution in [3.05, 3.63) is 0 Å². The molecular formula is C9H17NO3. The Bertz CT molecular complexity index is 199. The van der Waals surface area contributed by atoms with Crippen LogP contribution >= 0.6 is 0 Å². The van der Waals surface area contributed by atoms with E-state index in [9.17, 15) is 9.59 Å². The molecule has 0 spiro atoms. The molecule has 1 N–H and O–H groups in total. The van der Waals surface area contributed by atoms with Crippen LogP contribution in [-0.2, 0) is 9.59 Å². The van der Waals surface area contributed by atoms with Crippen molar-refractivity contribution in [1.29, 1.82) is 0 Å². The molecular weight excluding hydrogens is 170 g/mol. The maximum absolute atomic E-state index is 11.5. The lowest BCUT2D eigenvalue weighted by molar-refractivity contribution is -0.144. The van der Waals surface area contributed by atoms with E-state index in [1.165, 1.54) is 4.90 Å². The second-order valence-electron chi connectivity index (χ2n) is 3.68. The molecule has 1 unspecified atom stereocenters. The minimum absolute atomic E-state index is 0.0611. The summed E-state index contributed by atoms with van der Waals surface area (Å²) in [6.07, 6.45) is -0.0886. The van der Waals surface area contributed by atoms with E-state index in [4.69, 9.17) is 5.11 Å². The molecule has 0 aromatic heterocycles. The second kappa shape index (κ2) is 4.84. The molecule has 0 aliphatic heterocycles. The lowest BCUT2D eigenvalue weighted by Gasteiger charge is -2.21. The topological polar surface area (TPSA) is 57.6 Å². The summed E-state index contributed by atoms with van der Waals surface area (Å²) in [5.74, 6) is -1.38. The zero-order valence-corrected chi connectivity index (χ0v) is 8.57. The van der Waals surface area contributed by atoms with Crippen LogP contribution in [0.15, 0.2) is 0 Å². The summed E-state index contributed by atoms with van der Waals surface area (Å²) in [5.41, 5.74) is 0. The Labute approximate surface area is 78.5 Å². The van der Waals surface area contributed by atoms with Gasteiger partial charge in [0, 0.05) is 14.1 Å². The molecule has 0 aromatic carbocycles. The van der Waals surface area contributed by atoms with Crippen LogP contribution in [0, 0.1) is 11.8 Å². The van der Waals surface area contributed by atoms with Crippen LogP contribution in [0.1, 0.15) is 20.3 Å². The summed E-state index contributed by atoms with van der Waals surface area (Å²) in [4.78, 5) is 23.4. The smallest absolute Gasteiger partial charge is 0.304 e. The Morgan fingerprint density at radius 1 is 1.31 bits per heavy atom. The standard InChI is InChI=1S/C9H17NO3/c1-6(2)7(5-8(11)12)9(13)10(3)4/h6-7H,5H2,1-4H3,(H,11,12). The van der Waals surface area contributed by atoms with Crippen molar-refractivity contribution < 1.29 is 14.7 Å². The minimum atomic E-state index is -0.922. The van der Waals surface area contributed by atoms with Gasteiger partial charge in [0.1, 0.15) is 0 Å². The number of hydrogen-bond acceptors (Lipinski definition) is 2. The summed E-state index contributed by atoms with van der Waals surface area (Å²) in [6, 6.07) is 0. The normalized spacial score (nSPS) is 12.7. The number of carbonyl (C=O) groups is 2. The molecule has 4 heteroatoms. The highest BCUT2D eigenvalue weighted by Crippen LogP contribution is 2.17. The van der Waals surface area contributed by atoms with Gasteiger partial charge in [-0.25, -0.2) is 0 Å². The summed E-state index contributed by atoms with van der Waals surface area (Å²) >= 11 is 0. The molecule has 0 heterocycles. The third kappa shape index (κ3) is 3.92. The van der Waals surface area contributed by atoms with E-state index in [1.807, 2.05) is 13.8 Å². The molecule has 4 nitrogen and oxygen atoms in total. The summed E-state index contributed by atoms with van der Waals surface area (Å²) in [5, 5.41) is 8.59. The molecule has 1 atom stereocenters. The van der Waals surface area contributed by atoms with Crippen molar-refractivity contribution in [2.45, 2.75) is 20.3 Å². The van der Waals surface area contributed by atoms with Crippen molar-refractivity contribution in [2.24, 2.45) is 11.8 Å². The Balaban J connectivity index is 4.42. The van der Waals surface area contributed by atoms with Gasteiger partial charge in [-0.1, -0.05) is 13.8 Å². The number of carboxylic acid groups (broad SMARTS) is 1. The lowest BCUT2D eigenvalue weighted by Crippen LogP contribution is -2.34. The Morgan fingerprint density at radius 2 is 1.77 bits per heavy atom. The van der Waals surface area contributed by atoms with Crippen molar-refractivity contribution >= 4 is 11.9 Å². The lowest BCUT2D eigenvalue weighted by atomic mass is 9.91. The maximum atomic E-state index is 11.5. The molecule has 13 heavy (non-hydrogen) atoms. The van der Waals surface area contributed by atoms with E-state index in [2.05, 4.69) is 0 Å². The van der Waals surface area contributed by atoms with Crippen LogP contribution in [0.5, 0.6) is 0 Å². The molecule has 1 amide bonds. The van der Waals surface area contributed by atoms with E-state index in [1.54, 1.807) is 14.1 Å². The van der Waals surface area contributed by atoms with Crippen LogP contribution < -0.4 is 0 Å². The zero-order valence-electron chi connectivity index (χ0n) is 8.57. The van der Waals surface area contributed by atoms with Crippen molar-refractivity contribution in [3.63, 3.8) is 0 Å². The molecule has 76 valence electrons. The van der Waals surface area contributed by atoms with Gasteiger partial charge < -0.3 is 10.0 Å². The monoisotopic (exact) mass is 187 g/mol. The molecule has 0 saturated heterocycles. The van der Waals surface area contributed by atoms with E-state index >= 15 is 0 Å². The molecule has 0 aromatic rings. The molecule has 0 fully saturated rings. The number of aliphatic carboxylic acids is 1. The Hall–Kier alpha value is -1.06. The first-order chi connectivity index (χ1) is 5.86. The Kier molecular flexibility index (Phi) is 4.45. The predicted molar refractivity (Wildman–Crippen MR) is 49.3 cm³/mol. The SMILES string of the molecule is CC(C)C(CC(=O)O)C(=O)N(C)C. The molecule has 0 bridgehead atoms. The highest BCUT2D eigenvalue weighted by Gasteiger charge is 2.25. The predicted octanol–water partition coefficient (Wildman–Crippen LogP) is 0.821. The van der Waals surface area contributed by atoms with Gasteiger partial charge in [-0.05, 0) is 5.92 Å². The second-order valence-corrected chi connectivity index (χ2v) is 3.68. The van der Waals surface area contributed by atoms with E-state index in [0.717, 1.165) is 0 Å². The van der Waals surface area contributed by atoms with Gasteiger partial charge in [0.05, 0.1) is 12.3 Å². The quantitative estimate of drug-likeness (QED) is 0.709. The largest absolute Gasteiger partial charge is 0.481 e. The number of carbonyl (C=O) groups excluding carboxylic acids is 1. The summed E-state index contributed by atoms with van der Waals surface area (Å²) in [7, 11) is 3.28. The van der Waals surface area contributed by atoms with Gasteiger partial charge in [0.15, 0.2) is 0 Å².